The van der Waals surface area contributed by atoms with E-state index in [9.17, 15) is 4.79 Å². The molecule has 1 amide bonds. The predicted molar refractivity (Wildman–Crippen MR) is 113 cm³/mol. The lowest BCUT2D eigenvalue weighted by Gasteiger charge is -2.38. The van der Waals surface area contributed by atoms with Gasteiger partial charge in [0.1, 0.15) is 0 Å². The first-order valence-electron chi connectivity index (χ1n) is 9.87. The smallest absolute Gasteiger partial charge is 0.223 e. The van der Waals surface area contributed by atoms with Crippen LogP contribution in [0.25, 0.3) is 0 Å². The molecule has 0 spiro atoms. The van der Waals surface area contributed by atoms with Crippen molar-refractivity contribution in [2.45, 2.75) is 53.0 Å². The molecule has 27 heavy (non-hydrogen) atoms. The van der Waals surface area contributed by atoms with Gasteiger partial charge in [0.05, 0.1) is 6.04 Å². The summed E-state index contributed by atoms with van der Waals surface area (Å²) in [6, 6.07) is 16.4. The molecule has 1 aliphatic heterocycles. The first kappa shape index (κ1) is 19.9. The van der Waals surface area contributed by atoms with Gasteiger partial charge in [-0.05, 0) is 53.0 Å². The highest BCUT2D eigenvalue weighted by molar-refractivity contribution is 6.30. The number of carbonyl (C=O) groups is 1. The van der Waals surface area contributed by atoms with Crippen LogP contribution in [0.4, 0.5) is 0 Å². The molecule has 3 heteroatoms. The third-order valence-electron chi connectivity index (χ3n) is 5.27. The summed E-state index contributed by atoms with van der Waals surface area (Å²) in [4.78, 5) is 15.3. The monoisotopic (exact) mass is 383 g/mol. The molecule has 2 atom stereocenters. The lowest BCUT2D eigenvalue weighted by Crippen LogP contribution is -2.41. The van der Waals surface area contributed by atoms with Gasteiger partial charge >= 0.3 is 0 Å². The molecule has 3 rings (SSSR count). The fourth-order valence-electron chi connectivity index (χ4n) is 4.37. The molecule has 0 bridgehead atoms. The zero-order chi connectivity index (χ0) is 19.6. The summed E-state index contributed by atoms with van der Waals surface area (Å²) in [6.07, 6.45) is 2.57. The fraction of sp³-hybridized carbons (Fsp3) is 0.458. The second-order valence-electron chi connectivity index (χ2n) is 9.06. The van der Waals surface area contributed by atoms with Gasteiger partial charge in [0.15, 0.2) is 0 Å². The van der Waals surface area contributed by atoms with Crippen molar-refractivity contribution >= 4 is 17.5 Å². The summed E-state index contributed by atoms with van der Waals surface area (Å²) in [5, 5.41) is 0.722. The number of amides is 1. The Balaban J connectivity index is 1.89. The Morgan fingerprint density at radius 3 is 2.48 bits per heavy atom. The minimum Gasteiger partial charge on any atom is -0.331 e. The fourth-order valence-corrected chi connectivity index (χ4v) is 4.50. The average Bonchev–Trinajstić information content (AvgIpc) is 2.59. The molecule has 0 saturated carbocycles. The number of hydrogen-bond donors (Lipinski definition) is 0. The summed E-state index contributed by atoms with van der Waals surface area (Å²) in [5.41, 5.74) is 3.94. The molecule has 2 nitrogen and oxygen atoms in total. The summed E-state index contributed by atoms with van der Waals surface area (Å²) in [6.45, 7) is 9.68. The van der Waals surface area contributed by atoms with Crippen molar-refractivity contribution < 1.29 is 4.79 Å². The Morgan fingerprint density at radius 1 is 1.15 bits per heavy atom. The van der Waals surface area contributed by atoms with E-state index >= 15 is 0 Å². The van der Waals surface area contributed by atoms with Crippen molar-refractivity contribution in [1.82, 2.24) is 4.90 Å². The predicted octanol–water partition coefficient (Wildman–Crippen LogP) is 6.28. The number of nitrogens with zero attached hydrogens (tertiary/aromatic N) is 1. The SMILES string of the molecule is C[C@H](CC(=O)N1CCc2ccccc2[C@@H]1c1ccc(Cl)cc1)CC(C)(C)C. The Kier molecular flexibility index (Phi) is 5.95. The Hall–Kier alpha value is -1.80. The van der Waals surface area contributed by atoms with Crippen LogP contribution in [0.5, 0.6) is 0 Å². The molecule has 0 unspecified atom stereocenters. The molecule has 2 aromatic carbocycles. The minimum atomic E-state index is -0.0263. The second-order valence-corrected chi connectivity index (χ2v) is 9.50. The summed E-state index contributed by atoms with van der Waals surface area (Å²) < 4.78 is 0. The third-order valence-corrected chi connectivity index (χ3v) is 5.53. The largest absolute Gasteiger partial charge is 0.331 e. The summed E-state index contributed by atoms with van der Waals surface area (Å²) in [5.74, 6) is 0.627. The lowest BCUT2D eigenvalue weighted by molar-refractivity contribution is -0.134. The summed E-state index contributed by atoms with van der Waals surface area (Å²) in [7, 11) is 0. The van der Waals surface area contributed by atoms with Gasteiger partial charge in [-0.3, -0.25) is 4.79 Å². The van der Waals surface area contributed by atoms with Crippen LogP contribution in [0, 0.1) is 11.3 Å². The lowest BCUT2D eigenvalue weighted by atomic mass is 9.83. The maximum absolute atomic E-state index is 13.3. The maximum atomic E-state index is 13.3. The van der Waals surface area contributed by atoms with Crippen LogP contribution in [0.15, 0.2) is 48.5 Å². The van der Waals surface area contributed by atoms with Gasteiger partial charge in [-0.25, -0.2) is 0 Å². The molecule has 1 heterocycles. The third kappa shape index (κ3) is 4.93. The van der Waals surface area contributed by atoms with E-state index < -0.39 is 0 Å². The van der Waals surface area contributed by atoms with Crippen molar-refractivity contribution in [3.63, 3.8) is 0 Å². The van der Waals surface area contributed by atoms with Crippen molar-refractivity contribution in [1.29, 1.82) is 0 Å². The number of fused-ring (bicyclic) bond motifs is 1. The zero-order valence-electron chi connectivity index (χ0n) is 16.8. The molecule has 0 radical (unpaired) electrons. The van der Waals surface area contributed by atoms with E-state index in [4.69, 9.17) is 11.6 Å². The first-order valence-corrected chi connectivity index (χ1v) is 10.2. The normalized spacial score (nSPS) is 18.1. The van der Waals surface area contributed by atoms with Crippen molar-refractivity contribution in [2.24, 2.45) is 11.3 Å². The molecular formula is C24H30ClNO. The van der Waals surface area contributed by atoms with Gasteiger partial charge in [0, 0.05) is 18.0 Å². The minimum absolute atomic E-state index is 0.0263. The first-order chi connectivity index (χ1) is 12.7. The van der Waals surface area contributed by atoms with Gasteiger partial charge in [-0.1, -0.05) is 75.7 Å². The van der Waals surface area contributed by atoms with Crippen LogP contribution in [0.3, 0.4) is 0 Å². The number of rotatable bonds is 4. The van der Waals surface area contributed by atoms with Gasteiger partial charge in [0.25, 0.3) is 0 Å². The zero-order valence-corrected chi connectivity index (χ0v) is 17.6. The van der Waals surface area contributed by atoms with E-state index in [1.165, 1.54) is 11.1 Å². The highest BCUT2D eigenvalue weighted by Gasteiger charge is 2.32. The molecule has 0 saturated heterocycles. The van der Waals surface area contributed by atoms with Gasteiger partial charge in [0.2, 0.25) is 5.91 Å². The van der Waals surface area contributed by atoms with Crippen LogP contribution in [-0.4, -0.2) is 17.4 Å². The van der Waals surface area contributed by atoms with Crippen LogP contribution >= 0.6 is 11.6 Å². The molecule has 0 fully saturated rings. The Bertz CT molecular complexity index is 791. The topological polar surface area (TPSA) is 20.3 Å². The van der Waals surface area contributed by atoms with Crippen molar-refractivity contribution in [2.75, 3.05) is 6.54 Å². The van der Waals surface area contributed by atoms with E-state index in [0.717, 1.165) is 30.0 Å². The Labute approximate surface area is 168 Å². The van der Waals surface area contributed by atoms with Gasteiger partial charge in [-0.2, -0.15) is 0 Å². The molecule has 0 aromatic heterocycles. The maximum Gasteiger partial charge on any atom is 0.223 e. The number of hydrogen-bond acceptors (Lipinski definition) is 1. The Morgan fingerprint density at radius 2 is 1.81 bits per heavy atom. The van der Waals surface area contributed by atoms with Gasteiger partial charge in [-0.15, -0.1) is 0 Å². The standard InChI is InChI=1S/C24H30ClNO/c1-17(16-24(2,3)4)15-22(27)26-14-13-18-7-5-6-8-21(18)23(26)19-9-11-20(25)12-10-19/h5-12,17,23H,13-16H2,1-4H3/t17-,23+/m1/s1. The highest BCUT2D eigenvalue weighted by atomic mass is 35.5. The van der Waals surface area contributed by atoms with Crippen molar-refractivity contribution in [3.8, 4) is 0 Å². The average molecular weight is 384 g/mol. The van der Waals surface area contributed by atoms with E-state index in [0.29, 0.717) is 12.3 Å². The number of halogens is 1. The van der Waals surface area contributed by atoms with Crippen LogP contribution < -0.4 is 0 Å². The molecule has 1 aliphatic rings. The molecule has 2 aromatic rings. The van der Waals surface area contributed by atoms with E-state index in [1.54, 1.807) is 0 Å². The van der Waals surface area contributed by atoms with E-state index in [2.05, 4.69) is 56.9 Å². The van der Waals surface area contributed by atoms with Crippen LogP contribution in [0.2, 0.25) is 5.02 Å². The second kappa shape index (κ2) is 8.06. The van der Waals surface area contributed by atoms with Gasteiger partial charge < -0.3 is 4.90 Å². The molecule has 144 valence electrons. The highest BCUT2D eigenvalue weighted by Crippen LogP contribution is 2.37. The van der Waals surface area contributed by atoms with Crippen LogP contribution in [0.1, 0.15) is 63.3 Å². The molecule has 0 N–H and O–H groups in total. The molecular weight excluding hydrogens is 354 g/mol. The molecule has 0 aliphatic carbocycles. The van der Waals surface area contributed by atoms with E-state index in [1.807, 2.05) is 24.3 Å². The van der Waals surface area contributed by atoms with Crippen molar-refractivity contribution in [3.05, 3.63) is 70.2 Å². The van der Waals surface area contributed by atoms with Crippen LogP contribution in [-0.2, 0) is 11.2 Å². The summed E-state index contributed by atoms with van der Waals surface area (Å²) >= 11 is 6.10. The van der Waals surface area contributed by atoms with E-state index in [-0.39, 0.29) is 17.4 Å². The quantitative estimate of drug-likeness (QED) is 0.608. The number of carbonyl (C=O) groups excluding carboxylic acids is 1. The number of benzene rings is 2.